The molecule has 0 unspecified atom stereocenters. The van der Waals surface area contributed by atoms with Gasteiger partial charge in [-0.25, -0.2) is 9.97 Å². The number of methoxy groups -OCH3 is 5. The standard InChI is InChI=1S/C21H20F3NO4.C19H18ClNO3.C13H12F3NO3/c1-13-17(27-3)9-8-16-18(28-11-14-4-6-15(26-2)7-5-14)10-19(25-20(13)16)29-12-21(22,23)24;1-12-16(23-3)9-8-15-17(10-18(20)21-19(12)15)24-11-13-4-6-14(22-2)7-5-13;1-7-10(19-2)4-3-8-9(18)5-11(17-12(7)8)20-6-13(14,15)16/h4-10H,11-12H2,1-3H3;4-10H,11H2,1-3H3;3-5H,6H2,1-2H3,(H,17,18). The number of pyridine rings is 3. The summed E-state index contributed by atoms with van der Waals surface area (Å²) in [7, 11) is 7.84. The lowest BCUT2D eigenvalue weighted by Gasteiger charge is -2.15. The largest absolute Gasteiger partial charge is 0.497 e. The van der Waals surface area contributed by atoms with Crippen molar-refractivity contribution in [2.24, 2.45) is 0 Å². The summed E-state index contributed by atoms with van der Waals surface area (Å²) in [5.74, 6) is 4.08. The van der Waals surface area contributed by atoms with Crippen molar-refractivity contribution in [3.8, 4) is 52.0 Å². The number of benzene rings is 5. The van der Waals surface area contributed by atoms with E-state index in [0.29, 0.717) is 73.4 Å². The highest BCUT2D eigenvalue weighted by molar-refractivity contribution is 6.30. The van der Waals surface area contributed by atoms with Crippen molar-refractivity contribution in [2.75, 3.05) is 48.8 Å². The molecular weight excluding hydrogens is 988 g/mol. The van der Waals surface area contributed by atoms with Crippen LogP contribution in [0.3, 0.4) is 0 Å². The Balaban J connectivity index is 0.000000182. The summed E-state index contributed by atoms with van der Waals surface area (Å²) in [6.45, 7) is 3.18. The molecule has 0 radical (unpaired) electrons. The maximum absolute atomic E-state index is 12.6. The average molecular weight is 1040 g/mol. The van der Waals surface area contributed by atoms with Crippen molar-refractivity contribution in [3.05, 3.63) is 146 Å². The maximum Gasteiger partial charge on any atom is 0.422 e. The second-order valence-corrected chi connectivity index (χ2v) is 16.3. The number of aromatic nitrogens is 3. The van der Waals surface area contributed by atoms with Crippen molar-refractivity contribution in [3.63, 3.8) is 0 Å². The molecule has 8 aromatic rings. The fourth-order valence-electron chi connectivity index (χ4n) is 7.26. The Morgan fingerprint density at radius 2 is 0.932 bits per heavy atom. The van der Waals surface area contributed by atoms with Crippen LogP contribution in [0.2, 0.25) is 5.15 Å². The first-order valence-electron chi connectivity index (χ1n) is 22.0. The first kappa shape index (κ1) is 54.5. The van der Waals surface area contributed by atoms with Crippen molar-refractivity contribution in [1.29, 1.82) is 0 Å². The van der Waals surface area contributed by atoms with Gasteiger partial charge in [0.05, 0.1) is 52.1 Å². The molecular formula is C53H50ClF6N3O10. The molecule has 13 nitrogen and oxygen atoms in total. The number of halogens is 7. The molecule has 5 aromatic carbocycles. The van der Waals surface area contributed by atoms with Crippen molar-refractivity contribution >= 4 is 44.3 Å². The zero-order chi connectivity index (χ0) is 53.0. The van der Waals surface area contributed by atoms with Gasteiger partial charge in [0.25, 0.3) is 0 Å². The molecule has 0 saturated carbocycles. The van der Waals surface area contributed by atoms with E-state index in [1.807, 2.05) is 55.5 Å². The molecule has 73 heavy (non-hydrogen) atoms. The van der Waals surface area contributed by atoms with Gasteiger partial charge in [-0.05, 0) is 92.6 Å². The Morgan fingerprint density at radius 3 is 1.40 bits per heavy atom. The van der Waals surface area contributed by atoms with Crippen molar-refractivity contribution in [2.45, 2.75) is 46.3 Å². The highest BCUT2D eigenvalue weighted by atomic mass is 35.5. The topological polar surface area (TPSA) is 142 Å². The number of hydrogen-bond acceptors (Lipinski definition) is 12. The molecule has 0 aliphatic heterocycles. The third-order valence-corrected chi connectivity index (χ3v) is 11.2. The van der Waals surface area contributed by atoms with E-state index in [2.05, 4.69) is 19.7 Å². The second-order valence-electron chi connectivity index (χ2n) is 15.9. The predicted octanol–water partition coefficient (Wildman–Crippen LogP) is 12.7. The van der Waals surface area contributed by atoms with Crippen LogP contribution in [0.1, 0.15) is 27.8 Å². The first-order chi connectivity index (χ1) is 34.7. The van der Waals surface area contributed by atoms with Crippen LogP contribution in [-0.4, -0.2) is 76.1 Å². The zero-order valence-corrected chi connectivity index (χ0v) is 41.5. The number of aryl methyl sites for hydroxylation is 3. The Morgan fingerprint density at radius 1 is 0.493 bits per heavy atom. The Kier molecular flexibility index (Phi) is 18.0. The van der Waals surface area contributed by atoms with E-state index in [1.54, 1.807) is 77.6 Å². The molecule has 1 N–H and O–H groups in total. The molecule has 0 aliphatic rings. The predicted molar refractivity (Wildman–Crippen MR) is 265 cm³/mol. The molecule has 3 aromatic heterocycles. The van der Waals surface area contributed by atoms with Crippen LogP contribution in [0.5, 0.6) is 52.0 Å². The van der Waals surface area contributed by atoms with Gasteiger partial charge in [-0.1, -0.05) is 35.9 Å². The van der Waals surface area contributed by atoms with E-state index in [9.17, 15) is 31.1 Å². The number of nitrogens with one attached hydrogen (secondary N) is 1. The van der Waals surface area contributed by atoms with E-state index in [-0.39, 0.29) is 18.4 Å². The fraction of sp³-hybridized carbons (Fsp3) is 0.264. The van der Waals surface area contributed by atoms with Crippen LogP contribution < -0.4 is 48.1 Å². The molecule has 386 valence electrons. The van der Waals surface area contributed by atoms with Gasteiger partial charge in [0.1, 0.15) is 58.6 Å². The van der Waals surface area contributed by atoms with Crippen LogP contribution in [0.4, 0.5) is 26.3 Å². The van der Waals surface area contributed by atoms with Crippen LogP contribution >= 0.6 is 11.6 Å². The molecule has 20 heteroatoms. The minimum atomic E-state index is -4.47. The average Bonchev–Trinajstić information content (AvgIpc) is 3.37. The number of H-pyrrole nitrogens is 1. The quantitative estimate of drug-likeness (QED) is 0.0771. The lowest BCUT2D eigenvalue weighted by atomic mass is 10.1. The molecule has 0 bridgehead atoms. The Bertz CT molecular complexity index is 3230. The Labute approximate surface area is 420 Å². The monoisotopic (exact) mass is 1040 g/mol. The molecule has 0 fully saturated rings. The minimum Gasteiger partial charge on any atom is -0.497 e. The lowest BCUT2D eigenvalue weighted by Crippen LogP contribution is -2.20. The third-order valence-electron chi connectivity index (χ3n) is 11.0. The zero-order valence-electron chi connectivity index (χ0n) is 40.8. The van der Waals surface area contributed by atoms with Crippen molar-refractivity contribution in [1.82, 2.24) is 15.0 Å². The Hall–Kier alpha value is -7.80. The smallest absolute Gasteiger partial charge is 0.422 e. The first-order valence-corrected chi connectivity index (χ1v) is 22.4. The number of alkyl halides is 6. The van der Waals surface area contributed by atoms with Gasteiger partial charge < -0.3 is 47.6 Å². The second kappa shape index (κ2) is 24.1. The van der Waals surface area contributed by atoms with Gasteiger partial charge in [0, 0.05) is 51.0 Å². The summed E-state index contributed by atoms with van der Waals surface area (Å²) in [6, 6.07) is 29.7. The number of ether oxygens (including phenoxy) is 9. The molecule has 0 spiro atoms. The summed E-state index contributed by atoms with van der Waals surface area (Å²) in [5.41, 5.74) is 5.38. The summed E-state index contributed by atoms with van der Waals surface area (Å²) in [6.07, 6.45) is -8.93. The van der Waals surface area contributed by atoms with Crippen LogP contribution in [0.15, 0.2) is 108 Å². The fourth-order valence-corrected chi connectivity index (χ4v) is 7.44. The maximum atomic E-state index is 12.6. The molecule has 0 atom stereocenters. The molecule has 0 amide bonds. The highest BCUT2D eigenvalue weighted by Crippen LogP contribution is 2.37. The van der Waals surface area contributed by atoms with Gasteiger partial charge in [0.2, 0.25) is 5.88 Å². The summed E-state index contributed by atoms with van der Waals surface area (Å²) in [4.78, 5) is 23.2. The van der Waals surface area contributed by atoms with Crippen molar-refractivity contribution < 1.29 is 69.0 Å². The molecule has 3 heterocycles. The summed E-state index contributed by atoms with van der Waals surface area (Å²) >= 11 is 6.16. The van der Waals surface area contributed by atoms with Gasteiger partial charge >= 0.3 is 12.4 Å². The number of fused-ring (bicyclic) bond motifs is 3. The number of nitrogens with zero attached hydrogens (tertiary/aromatic N) is 2. The van der Waals surface area contributed by atoms with E-state index >= 15 is 0 Å². The van der Waals surface area contributed by atoms with Crippen LogP contribution in [-0.2, 0) is 13.2 Å². The third kappa shape index (κ3) is 14.4. The summed E-state index contributed by atoms with van der Waals surface area (Å²) in [5, 5.41) is 2.31. The van der Waals surface area contributed by atoms with E-state index in [4.69, 9.17) is 49.5 Å². The minimum absolute atomic E-state index is 0.170. The highest BCUT2D eigenvalue weighted by Gasteiger charge is 2.30. The molecule has 0 aliphatic carbocycles. The SMILES string of the molecule is COc1ccc(COc2cc(Cl)nc3c(C)c(OC)ccc23)cc1.COc1ccc(COc2cc(OCC(F)(F)F)nc3c(C)c(OC)ccc23)cc1.COc1ccc2c(=O)cc(OCC(F)(F)F)[nH]c2c1C. The van der Waals surface area contributed by atoms with E-state index in [1.165, 1.54) is 20.3 Å². The number of hydrogen-bond donors (Lipinski definition) is 1. The molecule has 8 rings (SSSR count). The van der Waals surface area contributed by atoms with E-state index in [0.717, 1.165) is 45.2 Å². The molecule has 0 saturated heterocycles. The van der Waals surface area contributed by atoms with Gasteiger partial charge in [-0.2, -0.15) is 26.3 Å². The van der Waals surface area contributed by atoms with Crippen LogP contribution in [0, 0.1) is 20.8 Å². The lowest BCUT2D eigenvalue weighted by molar-refractivity contribution is -0.154. The van der Waals surface area contributed by atoms with Gasteiger partial charge in [-0.3, -0.25) is 4.79 Å². The van der Waals surface area contributed by atoms with Gasteiger partial charge in [0.15, 0.2) is 24.5 Å². The normalized spacial score (nSPS) is 11.2. The van der Waals surface area contributed by atoms with E-state index < -0.39 is 31.0 Å². The van der Waals surface area contributed by atoms with Gasteiger partial charge in [-0.15, -0.1) is 0 Å². The number of aromatic amines is 1. The summed E-state index contributed by atoms with van der Waals surface area (Å²) < 4.78 is 121. The van der Waals surface area contributed by atoms with Crippen LogP contribution in [0.25, 0.3) is 32.7 Å². The number of rotatable bonds is 15.